The summed E-state index contributed by atoms with van der Waals surface area (Å²) in [6.07, 6.45) is 1.02. The first-order chi connectivity index (χ1) is 9.22. The quantitative estimate of drug-likeness (QED) is 0.779. The second-order valence-electron chi connectivity index (χ2n) is 6.79. The molecule has 5 saturated carbocycles. The van der Waals surface area contributed by atoms with Gasteiger partial charge in [-0.05, 0) is 20.3 Å². The van der Waals surface area contributed by atoms with Gasteiger partial charge in [-0.25, -0.2) is 0 Å². The summed E-state index contributed by atoms with van der Waals surface area (Å²) in [5.74, 6) is 0.00709. The lowest BCUT2D eigenvalue weighted by molar-refractivity contribution is -0.211. The Kier molecular flexibility index (Phi) is 2.48. The van der Waals surface area contributed by atoms with Crippen LogP contribution < -0.4 is 0 Å². The fourth-order valence-corrected chi connectivity index (χ4v) is 8.85. The van der Waals surface area contributed by atoms with Crippen LogP contribution in [0.15, 0.2) is 0 Å². The predicted molar refractivity (Wildman–Crippen MR) is 77.4 cm³/mol. The zero-order chi connectivity index (χ0) is 14.5. The number of carbonyl (C=O) groups excluding carboxylic acids is 2. The maximum absolute atomic E-state index is 11.6. The summed E-state index contributed by atoms with van der Waals surface area (Å²) < 4.78 is 12.1. The van der Waals surface area contributed by atoms with E-state index < -0.39 is 5.79 Å². The molecule has 0 aromatic carbocycles. The van der Waals surface area contributed by atoms with Crippen LogP contribution in [-0.4, -0.2) is 37.7 Å². The Morgan fingerprint density at radius 2 is 1.35 bits per heavy atom. The van der Waals surface area contributed by atoms with Gasteiger partial charge in [-0.3, -0.25) is 9.59 Å². The smallest absolute Gasteiger partial charge is 0.186 e. The van der Waals surface area contributed by atoms with Crippen LogP contribution in [0.1, 0.15) is 34.1 Å². The molecule has 0 spiro atoms. The van der Waals surface area contributed by atoms with Crippen LogP contribution in [0, 0.1) is 11.8 Å². The highest BCUT2D eigenvalue weighted by Crippen LogP contribution is 2.87. The van der Waals surface area contributed by atoms with E-state index in [4.69, 9.17) is 9.47 Å². The minimum absolute atomic E-state index is 0.0277. The van der Waals surface area contributed by atoms with Gasteiger partial charge in [0.25, 0.3) is 0 Å². The molecule has 4 nitrogen and oxygen atoms in total. The molecule has 20 heavy (non-hydrogen) atoms. The molecule has 0 aromatic heterocycles. The van der Waals surface area contributed by atoms with Crippen molar-refractivity contribution in [3.05, 3.63) is 0 Å². The number of rotatable bonds is 2. The molecular weight excluding hydrogens is 296 g/mol. The molecule has 6 aliphatic rings. The van der Waals surface area contributed by atoms with Crippen molar-refractivity contribution in [3.8, 4) is 0 Å². The summed E-state index contributed by atoms with van der Waals surface area (Å²) in [6, 6.07) is 0. The average molecular weight is 314 g/mol. The molecular formula is C14H18O4S2. The third-order valence-corrected chi connectivity index (χ3v) is 7.79. The van der Waals surface area contributed by atoms with Crippen molar-refractivity contribution in [2.45, 2.75) is 61.6 Å². The average Bonchev–Trinajstić information content (AvgIpc) is 2.66. The third kappa shape index (κ3) is 1.35. The molecule has 4 bridgehead atoms. The maximum atomic E-state index is 11.6. The van der Waals surface area contributed by atoms with E-state index in [1.54, 1.807) is 13.8 Å². The first-order valence-corrected chi connectivity index (χ1v) is 8.60. The lowest BCUT2D eigenvalue weighted by Crippen LogP contribution is -2.82. The van der Waals surface area contributed by atoms with Crippen molar-refractivity contribution in [1.82, 2.24) is 0 Å². The van der Waals surface area contributed by atoms with Gasteiger partial charge in [0.05, 0.1) is 12.2 Å². The summed E-state index contributed by atoms with van der Waals surface area (Å²) in [5.41, 5.74) is 0. The molecule has 1 aliphatic heterocycles. The van der Waals surface area contributed by atoms with E-state index in [2.05, 4.69) is 0 Å². The Labute approximate surface area is 126 Å². The molecule has 4 atom stereocenters. The van der Waals surface area contributed by atoms with Crippen LogP contribution >= 0.6 is 23.5 Å². The molecule has 110 valence electrons. The Morgan fingerprint density at radius 1 is 0.950 bits per heavy atom. The van der Waals surface area contributed by atoms with Gasteiger partial charge in [0.2, 0.25) is 0 Å². The lowest BCUT2D eigenvalue weighted by atomic mass is 9.44. The third-order valence-electron chi connectivity index (χ3n) is 5.15. The van der Waals surface area contributed by atoms with E-state index in [-0.39, 0.29) is 43.8 Å². The minimum Gasteiger partial charge on any atom is -0.344 e. The first kappa shape index (κ1) is 13.6. The largest absolute Gasteiger partial charge is 0.344 e. The van der Waals surface area contributed by atoms with E-state index in [9.17, 15) is 9.59 Å². The van der Waals surface area contributed by atoms with Crippen molar-refractivity contribution in [2.24, 2.45) is 11.8 Å². The zero-order valence-corrected chi connectivity index (χ0v) is 13.6. The fourth-order valence-electron chi connectivity index (χ4n) is 5.03. The molecule has 2 unspecified atom stereocenters. The number of hydrogen-bond donors (Lipinski definition) is 0. The molecule has 6 rings (SSSR count). The number of thioether (sulfide) groups is 2. The molecule has 0 aromatic rings. The van der Waals surface area contributed by atoms with Gasteiger partial charge in [-0.15, -0.1) is 0 Å². The van der Waals surface area contributed by atoms with Crippen molar-refractivity contribution < 1.29 is 19.1 Å². The summed E-state index contributed by atoms with van der Waals surface area (Å²) in [7, 11) is 0. The number of ether oxygens (including phenoxy) is 2. The molecule has 0 N–H and O–H groups in total. The van der Waals surface area contributed by atoms with E-state index in [0.717, 1.165) is 6.42 Å². The van der Waals surface area contributed by atoms with Crippen LogP contribution in [0.5, 0.6) is 0 Å². The van der Waals surface area contributed by atoms with Gasteiger partial charge in [0.15, 0.2) is 16.0 Å². The fraction of sp³-hybridized carbons (Fsp3) is 0.857. The number of hydrogen-bond acceptors (Lipinski definition) is 6. The van der Waals surface area contributed by atoms with Crippen molar-refractivity contribution in [3.63, 3.8) is 0 Å². The van der Waals surface area contributed by atoms with Gasteiger partial charge in [-0.2, -0.15) is 0 Å². The molecule has 0 radical (unpaired) electrons. The second kappa shape index (κ2) is 3.65. The molecule has 6 fully saturated rings. The molecule has 0 amide bonds. The zero-order valence-electron chi connectivity index (χ0n) is 12.0. The van der Waals surface area contributed by atoms with Gasteiger partial charge in [0.1, 0.15) is 0 Å². The van der Waals surface area contributed by atoms with Crippen LogP contribution in [-0.2, 0) is 19.1 Å². The summed E-state index contributed by atoms with van der Waals surface area (Å²) in [5, 5.41) is 0.306. The topological polar surface area (TPSA) is 52.6 Å². The summed E-state index contributed by atoms with van der Waals surface area (Å²) >= 11 is 2.89. The van der Waals surface area contributed by atoms with Crippen LogP contribution in [0.3, 0.4) is 0 Å². The second-order valence-corrected chi connectivity index (χ2v) is 9.87. The molecule has 6 heteroatoms. The Morgan fingerprint density at radius 3 is 1.70 bits per heavy atom. The Bertz CT molecular complexity index is 477. The van der Waals surface area contributed by atoms with Crippen molar-refractivity contribution in [2.75, 3.05) is 0 Å². The standard InChI is InChI=1S/C14H18O4S2/c1-6(15)19-13-5-14(20-7(2)16)10(13)8-9(11(13)14)18-12(3,4)17-8/h8-11H,5H2,1-4H3/t8-,9+,10?,11?,13?,14?. The minimum atomic E-state index is -0.538. The normalized spacial score (nSPS) is 53.0. The highest BCUT2D eigenvalue weighted by atomic mass is 32.2. The Hall–Kier alpha value is -0.0400. The van der Waals surface area contributed by atoms with E-state index in [1.165, 1.54) is 23.5 Å². The highest BCUT2D eigenvalue weighted by Gasteiger charge is 2.94. The van der Waals surface area contributed by atoms with Gasteiger partial charge in [-0.1, -0.05) is 23.5 Å². The van der Waals surface area contributed by atoms with Crippen LogP contribution in [0.25, 0.3) is 0 Å². The highest BCUT2D eigenvalue weighted by molar-refractivity contribution is 8.17. The van der Waals surface area contributed by atoms with Gasteiger partial charge >= 0.3 is 0 Å². The van der Waals surface area contributed by atoms with E-state index in [0.29, 0.717) is 0 Å². The van der Waals surface area contributed by atoms with Gasteiger partial charge < -0.3 is 9.47 Å². The lowest BCUT2D eigenvalue weighted by Gasteiger charge is -2.76. The van der Waals surface area contributed by atoms with Crippen LogP contribution in [0.2, 0.25) is 0 Å². The summed E-state index contributed by atoms with van der Waals surface area (Å²) in [4.78, 5) is 23.2. The van der Waals surface area contributed by atoms with E-state index >= 15 is 0 Å². The first-order valence-electron chi connectivity index (χ1n) is 6.97. The molecule has 5 aliphatic carbocycles. The number of carbonyl (C=O) groups is 2. The predicted octanol–water partition coefficient (Wildman–Crippen LogP) is 2.21. The van der Waals surface area contributed by atoms with Crippen LogP contribution in [0.4, 0.5) is 0 Å². The molecule has 1 saturated heterocycles. The Balaban J connectivity index is 1.66. The monoisotopic (exact) mass is 314 g/mol. The van der Waals surface area contributed by atoms with Crippen molar-refractivity contribution >= 4 is 33.8 Å². The maximum Gasteiger partial charge on any atom is 0.186 e. The van der Waals surface area contributed by atoms with Crippen molar-refractivity contribution in [1.29, 1.82) is 0 Å². The van der Waals surface area contributed by atoms with E-state index in [1.807, 2.05) is 13.8 Å². The molecule has 1 heterocycles. The summed E-state index contributed by atoms with van der Waals surface area (Å²) in [6.45, 7) is 7.12. The van der Waals surface area contributed by atoms with Gasteiger partial charge in [0, 0.05) is 35.2 Å². The SMILES string of the molecule is CC(=O)SC12CC3(SC(C)=O)C1[C@H]1OC(C)(C)O[C@H]1C23.